The van der Waals surface area contributed by atoms with Crippen molar-refractivity contribution in [3.8, 4) is 0 Å². The second-order valence-corrected chi connectivity index (χ2v) is 6.28. The highest BCUT2D eigenvalue weighted by atomic mass is 16.2. The summed E-state index contributed by atoms with van der Waals surface area (Å²) in [6, 6.07) is 0.542. The molecule has 0 aromatic rings. The van der Waals surface area contributed by atoms with Crippen LogP contribution in [0.2, 0.25) is 0 Å². The van der Waals surface area contributed by atoms with E-state index in [0.29, 0.717) is 18.5 Å². The van der Waals surface area contributed by atoms with Crippen molar-refractivity contribution in [2.75, 3.05) is 32.7 Å². The van der Waals surface area contributed by atoms with Crippen LogP contribution in [-0.2, 0) is 4.79 Å². The van der Waals surface area contributed by atoms with E-state index in [4.69, 9.17) is 0 Å². The van der Waals surface area contributed by atoms with Gasteiger partial charge in [-0.3, -0.25) is 9.69 Å². The molecule has 2 heterocycles. The van der Waals surface area contributed by atoms with Crippen LogP contribution in [0.4, 0.5) is 0 Å². The molecule has 2 rings (SSSR count). The maximum absolute atomic E-state index is 11.9. The van der Waals surface area contributed by atoms with E-state index in [1.165, 1.54) is 0 Å². The largest absolute Gasteiger partial charge is 0.355 e. The van der Waals surface area contributed by atoms with E-state index in [2.05, 4.69) is 36.3 Å². The van der Waals surface area contributed by atoms with E-state index in [0.717, 1.165) is 44.4 Å². The average molecular weight is 253 g/mol. The zero-order valence-electron chi connectivity index (χ0n) is 11.9. The molecule has 0 aromatic carbocycles. The van der Waals surface area contributed by atoms with Gasteiger partial charge in [0.2, 0.25) is 5.91 Å². The molecule has 4 heteroatoms. The number of likely N-dealkylation sites (tertiary alicyclic amines) is 1. The van der Waals surface area contributed by atoms with Crippen LogP contribution in [0.15, 0.2) is 0 Å². The molecule has 104 valence electrons. The normalized spacial score (nSPS) is 31.9. The number of carbonyl (C=O) groups is 1. The topological polar surface area (TPSA) is 44.4 Å². The number of rotatable bonds is 5. The fourth-order valence-electron chi connectivity index (χ4n) is 3.21. The lowest BCUT2D eigenvalue weighted by molar-refractivity contribution is -0.122. The molecule has 2 saturated heterocycles. The minimum absolute atomic E-state index is 0.190. The number of amides is 1. The molecule has 0 aromatic heterocycles. The fourth-order valence-corrected chi connectivity index (χ4v) is 3.21. The molecule has 2 N–H and O–H groups in total. The van der Waals surface area contributed by atoms with Gasteiger partial charge >= 0.3 is 0 Å². The lowest BCUT2D eigenvalue weighted by atomic mass is 9.95. The Bertz CT molecular complexity index is 293. The van der Waals surface area contributed by atoms with Crippen molar-refractivity contribution in [1.29, 1.82) is 0 Å². The Morgan fingerprint density at radius 2 is 2.22 bits per heavy atom. The molecule has 0 aliphatic carbocycles. The summed E-state index contributed by atoms with van der Waals surface area (Å²) in [5.41, 5.74) is 0. The molecule has 0 saturated carbocycles. The highest BCUT2D eigenvalue weighted by Crippen LogP contribution is 2.31. The first kappa shape index (κ1) is 13.8. The van der Waals surface area contributed by atoms with Crippen LogP contribution in [0.1, 0.15) is 27.2 Å². The van der Waals surface area contributed by atoms with Gasteiger partial charge in [0, 0.05) is 19.1 Å². The standard InChI is InChI=1S/C14H27N3O/c1-10(2)4-5-16-14(18)9-17-8-12-6-15-7-13(12)11(17)3/h10-13,15H,4-9H2,1-3H3,(H,16,18). The predicted octanol–water partition coefficient (Wildman–Crippen LogP) is 0.688. The molecular weight excluding hydrogens is 226 g/mol. The number of carbonyl (C=O) groups excluding carboxylic acids is 1. The summed E-state index contributed by atoms with van der Waals surface area (Å²) in [5.74, 6) is 2.34. The molecular formula is C14H27N3O. The Hall–Kier alpha value is -0.610. The van der Waals surface area contributed by atoms with Crippen molar-refractivity contribution < 1.29 is 4.79 Å². The summed E-state index contributed by atoms with van der Waals surface area (Å²) in [7, 11) is 0. The summed E-state index contributed by atoms with van der Waals surface area (Å²) in [5, 5.41) is 6.48. The predicted molar refractivity (Wildman–Crippen MR) is 73.3 cm³/mol. The SMILES string of the molecule is CC(C)CCNC(=O)CN1CC2CNCC2C1C. The Labute approximate surface area is 110 Å². The Balaban J connectivity index is 1.71. The summed E-state index contributed by atoms with van der Waals surface area (Å²) >= 11 is 0. The number of nitrogens with one attached hydrogen (secondary N) is 2. The van der Waals surface area contributed by atoms with E-state index in [-0.39, 0.29) is 5.91 Å². The second kappa shape index (κ2) is 6.02. The number of hydrogen-bond donors (Lipinski definition) is 2. The molecule has 2 fully saturated rings. The molecule has 0 spiro atoms. The van der Waals surface area contributed by atoms with E-state index in [9.17, 15) is 4.79 Å². The highest BCUT2D eigenvalue weighted by Gasteiger charge is 2.41. The van der Waals surface area contributed by atoms with Gasteiger partial charge in [-0.2, -0.15) is 0 Å². The van der Waals surface area contributed by atoms with E-state index < -0.39 is 0 Å². The molecule has 18 heavy (non-hydrogen) atoms. The molecule has 1 amide bonds. The maximum atomic E-state index is 11.9. The van der Waals surface area contributed by atoms with Crippen LogP contribution in [-0.4, -0.2) is 49.6 Å². The van der Waals surface area contributed by atoms with Gasteiger partial charge in [-0.15, -0.1) is 0 Å². The molecule has 2 aliphatic heterocycles. The molecule has 2 aliphatic rings. The molecule has 0 bridgehead atoms. The lowest BCUT2D eigenvalue weighted by Crippen LogP contribution is -2.41. The van der Waals surface area contributed by atoms with Gasteiger partial charge in [0.1, 0.15) is 0 Å². The van der Waals surface area contributed by atoms with E-state index in [1.807, 2.05) is 0 Å². The second-order valence-electron chi connectivity index (χ2n) is 6.28. The van der Waals surface area contributed by atoms with Gasteiger partial charge in [-0.05, 0) is 44.2 Å². The minimum atomic E-state index is 0.190. The quantitative estimate of drug-likeness (QED) is 0.757. The fraction of sp³-hybridized carbons (Fsp3) is 0.929. The van der Waals surface area contributed by atoms with Crippen LogP contribution < -0.4 is 10.6 Å². The number of fused-ring (bicyclic) bond motifs is 1. The van der Waals surface area contributed by atoms with E-state index in [1.54, 1.807) is 0 Å². The van der Waals surface area contributed by atoms with Gasteiger partial charge < -0.3 is 10.6 Å². The smallest absolute Gasteiger partial charge is 0.234 e. The number of nitrogens with zero attached hydrogens (tertiary/aromatic N) is 1. The van der Waals surface area contributed by atoms with E-state index >= 15 is 0 Å². The highest BCUT2D eigenvalue weighted by molar-refractivity contribution is 5.78. The van der Waals surface area contributed by atoms with Crippen LogP contribution in [0.5, 0.6) is 0 Å². The summed E-state index contributed by atoms with van der Waals surface area (Å²) in [6.07, 6.45) is 1.07. The van der Waals surface area contributed by atoms with Crippen molar-refractivity contribution in [2.45, 2.75) is 33.2 Å². The third kappa shape index (κ3) is 3.23. The third-order valence-electron chi connectivity index (χ3n) is 4.45. The van der Waals surface area contributed by atoms with Crippen molar-refractivity contribution in [2.24, 2.45) is 17.8 Å². The van der Waals surface area contributed by atoms with Gasteiger partial charge in [0.05, 0.1) is 6.54 Å². The van der Waals surface area contributed by atoms with Crippen molar-refractivity contribution in [1.82, 2.24) is 15.5 Å². The van der Waals surface area contributed by atoms with Gasteiger partial charge in [0.15, 0.2) is 0 Å². The van der Waals surface area contributed by atoms with Crippen LogP contribution >= 0.6 is 0 Å². The van der Waals surface area contributed by atoms with Gasteiger partial charge in [-0.1, -0.05) is 13.8 Å². The Morgan fingerprint density at radius 3 is 2.89 bits per heavy atom. The molecule has 4 nitrogen and oxygen atoms in total. The molecule has 3 atom stereocenters. The lowest BCUT2D eigenvalue weighted by Gasteiger charge is -2.23. The van der Waals surface area contributed by atoms with Crippen molar-refractivity contribution >= 4 is 5.91 Å². The summed E-state index contributed by atoms with van der Waals surface area (Å²) in [4.78, 5) is 14.2. The minimum Gasteiger partial charge on any atom is -0.355 e. The van der Waals surface area contributed by atoms with Crippen molar-refractivity contribution in [3.05, 3.63) is 0 Å². The zero-order chi connectivity index (χ0) is 13.1. The monoisotopic (exact) mass is 253 g/mol. The first-order valence-corrected chi connectivity index (χ1v) is 7.29. The Kier molecular flexibility index (Phi) is 4.62. The first-order chi connectivity index (χ1) is 8.58. The maximum Gasteiger partial charge on any atom is 0.234 e. The third-order valence-corrected chi connectivity index (χ3v) is 4.45. The summed E-state index contributed by atoms with van der Waals surface area (Å²) < 4.78 is 0. The number of hydrogen-bond acceptors (Lipinski definition) is 3. The summed E-state index contributed by atoms with van der Waals surface area (Å²) in [6.45, 7) is 11.3. The molecule has 3 unspecified atom stereocenters. The molecule has 0 radical (unpaired) electrons. The average Bonchev–Trinajstić information content (AvgIpc) is 2.83. The van der Waals surface area contributed by atoms with Gasteiger partial charge in [0.25, 0.3) is 0 Å². The zero-order valence-corrected chi connectivity index (χ0v) is 11.9. The van der Waals surface area contributed by atoms with Crippen LogP contribution in [0.3, 0.4) is 0 Å². The van der Waals surface area contributed by atoms with Crippen LogP contribution in [0.25, 0.3) is 0 Å². The first-order valence-electron chi connectivity index (χ1n) is 7.29. The Morgan fingerprint density at radius 1 is 1.44 bits per heavy atom. The van der Waals surface area contributed by atoms with Crippen LogP contribution in [0, 0.1) is 17.8 Å². The van der Waals surface area contributed by atoms with Crippen molar-refractivity contribution in [3.63, 3.8) is 0 Å². The van der Waals surface area contributed by atoms with Gasteiger partial charge in [-0.25, -0.2) is 0 Å².